The third-order valence-corrected chi connectivity index (χ3v) is 3.16. The molecule has 0 spiro atoms. The molecule has 3 nitrogen and oxygen atoms in total. The molecule has 1 fully saturated rings. The summed E-state index contributed by atoms with van der Waals surface area (Å²) in [7, 11) is 0. The Balaban J connectivity index is 2.00. The summed E-state index contributed by atoms with van der Waals surface area (Å²) in [5, 5.41) is 8.09. The van der Waals surface area contributed by atoms with E-state index in [-0.39, 0.29) is 0 Å². The van der Waals surface area contributed by atoms with Crippen LogP contribution in [-0.4, -0.2) is 33.7 Å². The average Bonchev–Trinajstić information content (AvgIpc) is 2.67. The van der Waals surface area contributed by atoms with Crippen molar-refractivity contribution < 1.29 is 0 Å². The van der Waals surface area contributed by atoms with Gasteiger partial charge in [-0.3, -0.25) is 4.90 Å². The number of rotatable bonds is 3. The standard InChI is InChI=1S/C12H19N3/c1-10(2)15-8-4-6-12(15)9-11-5-3-7-13-14-11/h3,5,7,10,12H,4,6,8-9H2,1-2H3. The number of nitrogens with zero attached hydrogens (tertiary/aromatic N) is 3. The van der Waals surface area contributed by atoms with E-state index in [1.165, 1.54) is 19.4 Å². The first-order valence-electron chi connectivity index (χ1n) is 5.79. The maximum Gasteiger partial charge on any atom is 0.0646 e. The van der Waals surface area contributed by atoms with Crippen molar-refractivity contribution in [2.45, 2.75) is 45.2 Å². The molecule has 1 aliphatic heterocycles. The third kappa shape index (κ3) is 2.53. The van der Waals surface area contributed by atoms with Crippen LogP contribution in [0, 0.1) is 0 Å². The summed E-state index contributed by atoms with van der Waals surface area (Å²) in [4.78, 5) is 2.58. The van der Waals surface area contributed by atoms with Gasteiger partial charge in [-0.2, -0.15) is 10.2 Å². The zero-order valence-corrected chi connectivity index (χ0v) is 9.56. The van der Waals surface area contributed by atoms with Crippen LogP contribution in [-0.2, 0) is 6.42 Å². The lowest BCUT2D eigenvalue weighted by atomic mass is 10.1. The number of hydrogen-bond donors (Lipinski definition) is 0. The van der Waals surface area contributed by atoms with Gasteiger partial charge < -0.3 is 0 Å². The minimum Gasteiger partial charge on any atom is -0.298 e. The molecule has 0 amide bonds. The fraction of sp³-hybridized carbons (Fsp3) is 0.667. The maximum absolute atomic E-state index is 4.16. The predicted molar refractivity (Wildman–Crippen MR) is 60.6 cm³/mol. The summed E-state index contributed by atoms with van der Waals surface area (Å²) < 4.78 is 0. The largest absolute Gasteiger partial charge is 0.298 e. The maximum atomic E-state index is 4.16. The van der Waals surface area contributed by atoms with Crippen molar-refractivity contribution in [2.75, 3.05) is 6.54 Å². The van der Waals surface area contributed by atoms with Crippen LogP contribution in [0.5, 0.6) is 0 Å². The third-order valence-electron chi connectivity index (χ3n) is 3.16. The van der Waals surface area contributed by atoms with Gasteiger partial charge in [0.25, 0.3) is 0 Å². The molecular formula is C12H19N3. The molecule has 15 heavy (non-hydrogen) atoms. The fourth-order valence-electron chi connectivity index (χ4n) is 2.44. The molecule has 1 atom stereocenters. The Morgan fingerprint density at radius 1 is 1.53 bits per heavy atom. The molecular weight excluding hydrogens is 186 g/mol. The van der Waals surface area contributed by atoms with Gasteiger partial charge in [-0.1, -0.05) is 0 Å². The summed E-state index contributed by atoms with van der Waals surface area (Å²) >= 11 is 0. The second-order valence-electron chi connectivity index (χ2n) is 4.55. The van der Waals surface area contributed by atoms with Gasteiger partial charge in [0.2, 0.25) is 0 Å². The smallest absolute Gasteiger partial charge is 0.0646 e. The van der Waals surface area contributed by atoms with Gasteiger partial charge in [0.05, 0.1) is 5.69 Å². The lowest BCUT2D eigenvalue weighted by Crippen LogP contribution is -2.36. The van der Waals surface area contributed by atoms with Gasteiger partial charge in [-0.15, -0.1) is 0 Å². The van der Waals surface area contributed by atoms with Crippen LogP contribution in [0.4, 0.5) is 0 Å². The molecule has 0 N–H and O–H groups in total. The fourth-order valence-corrected chi connectivity index (χ4v) is 2.44. The normalized spacial score (nSPS) is 22.5. The molecule has 2 heterocycles. The molecule has 82 valence electrons. The molecule has 0 bridgehead atoms. The second kappa shape index (κ2) is 4.71. The molecule has 1 aromatic heterocycles. The molecule has 0 aliphatic carbocycles. The molecule has 0 radical (unpaired) electrons. The van der Waals surface area contributed by atoms with E-state index in [4.69, 9.17) is 0 Å². The highest BCUT2D eigenvalue weighted by atomic mass is 15.2. The SMILES string of the molecule is CC(C)N1CCCC1Cc1cccnn1. The minimum absolute atomic E-state index is 0.647. The minimum atomic E-state index is 0.647. The highest BCUT2D eigenvalue weighted by Crippen LogP contribution is 2.22. The Morgan fingerprint density at radius 2 is 2.40 bits per heavy atom. The number of hydrogen-bond acceptors (Lipinski definition) is 3. The average molecular weight is 205 g/mol. The summed E-state index contributed by atoms with van der Waals surface area (Å²) in [5.74, 6) is 0. The van der Waals surface area contributed by atoms with E-state index >= 15 is 0 Å². The van der Waals surface area contributed by atoms with Crippen molar-refractivity contribution in [3.63, 3.8) is 0 Å². The highest BCUT2D eigenvalue weighted by molar-refractivity contribution is 5.02. The lowest BCUT2D eigenvalue weighted by Gasteiger charge is -2.27. The first-order valence-corrected chi connectivity index (χ1v) is 5.79. The topological polar surface area (TPSA) is 29.0 Å². The van der Waals surface area contributed by atoms with Crippen LogP contribution in [0.1, 0.15) is 32.4 Å². The summed E-state index contributed by atoms with van der Waals surface area (Å²) in [6.07, 6.45) is 5.41. The van der Waals surface area contributed by atoms with E-state index in [9.17, 15) is 0 Å². The number of aromatic nitrogens is 2. The summed E-state index contributed by atoms with van der Waals surface area (Å²) in [6.45, 7) is 5.78. The van der Waals surface area contributed by atoms with E-state index in [0.717, 1.165) is 12.1 Å². The Bertz CT molecular complexity index is 297. The van der Waals surface area contributed by atoms with E-state index in [0.29, 0.717) is 12.1 Å². The van der Waals surface area contributed by atoms with Crippen LogP contribution in [0.15, 0.2) is 18.3 Å². The highest BCUT2D eigenvalue weighted by Gasteiger charge is 2.26. The molecule has 3 heteroatoms. The van der Waals surface area contributed by atoms with Crippen LogP contribution >= 0.6 is 0 Å². The van der Waals surface area contributed by atoms with Crippen molar-refractivity contribution in [2.24, 2.45) is 0 Å². The predicted octanol–water partition coefficient (Wildman–Crippen LogP) is 1.89. The lowest BCUT2D eigenvalue weighted by molar-refractivity contribution is 0.201. The van der Waals surface area contributed by atoms with Gasteiger partial charge in [-0.25, -0.2) is 0 Å². The molecule has 1 aliphatic rings. The Morgan fingerprint density at radius 3 is 3.07 bits per heavy atom. The first kappa shape index (κ1) is 10.6. The van der Waals surface area contributed by atoms with E-state index in [1.54, 1.807) is 6.20 Å². The monoisotopic (exact) mass is 205 g/mol. The van der Waals surface area contributed by atoms with E-state index in [2.05, 4.69) is 35.0 Å². The summed E-state index contributed by atoms with van der Waals surface area (Å²) in [5.41, 5.74) is 1.12. The van der Waals surface area contributed by atoms with Crippen molar-refractivity contribution in [1.82, 2.24) is 15.1 Å². The van der Waals surface area contributed by atoms with Gasteiger partial charge in [0.1, 0.15) is 0 Å². The van der Waals surface area contributed by atoms with Gasteiger partial charge in [0, 0.05) is 24.7 Å². The Labute approximate surface area is 91.5 Å². The molecule has 1 saturated heterocycles. The van der Waals surface area contributed by atoms with Gasteiger partial charge in [-0.05, 0) is 45.4 Å². The Kier molecular flexibility index (Phi) is 3.31. The summed E-state index contributed by atoms with van der Waals surface area (Å²) in [6, 6.07) is 5.36. The van der Waals surface area contributed by atoms with E-state index in [1.807, 2.05) is 6.07 Å². The molecule has 0 aromatic carbocycles. The van der Waals surface area contributed by atoms with Gasteiger partial charge in [0.15, 0.2) is 0 Å². The molecule has 2 rings (SSSR count). The van der Waals surface area contributed by atoms with Crippen molar-refractivity contribution in [3.8, 4) is 0 Å². The quantitative estimate of drug-likeness (QED) is 0.754. The second-order valence-corrected chi connectivity index (χ2v) is 4.55. The molecule has 1 unspecified atom stereocenters. The van der Waals surface area contributed by atoms with Crippen LogP contribution in [0.3, 0.4) is 0 Å². The van der Waals surface area contributed by atoms with Crippen LogP contribution in [0.2, 0.25) is 0 Å². The van der Waals surface area contributed by atoms with Crippen LogP contribution < -0.4 is 0 Å². The van der Waals surface area contributed by atoms with Crippen LogP contribution in [0.25, 0.3) is 0 Å². The van der Waals surface area contributed by atoms with Crippen molar-refractivity contribution in [3.05, 3.63) is 24.0 Å². The molecule has 1 aromatic rings. The first-order chi connectivity index (χ1) is 7.27. The number of likely N-dealkylation sites (tertiary alicyclic amines) is 1. The van der Waals surface area contributed by atoms with Crippen molar-refractivity contribution in [1.29, 1.82) is 0 Å². The van der Waals surface area contributed by atoms with Crippen molar-refractivity contribution >= 4 is 0 Å². The molecule has 0 saturated carbocycles. The van der Waals surface area contributed by atoms with Gasteiger partial charge >= 0.3 is 0 Å². The van der Waals surface area contributed by atoms with E-state index < -0.39 is 0 Å². The zero-order valence-electron chi connectivity index (χ0n) is 9.56. The zero-order chi connectivity index (χ0) is 10.7. The Hall–Kier alpha value is -0.960.